The summed E-state index contributed by atoms with van der Waals surface area (Å²) < 4.78 is 0. The van der Waals surface area contributed by atoms with Gasteiger partial charge in [0.1, 0.15) is 0 Å². The highest BCUT2D eigenvalue weighted by Crippen LogP contribution is 2.30. The van der Waals surface area contributed by atoms with E-state index in [1.54, 1.807) is 18.3 Å². The molecule has 0 spiro atoms. The number of aryl methyl sites for hydroxylation is 3. The van der Waals surface area contributed by atoms with Crippen LogP contribution in [0.15, 0.2) is 41.8 Å². The summed E-state index contributed by atoms with van der Waals surface area (Å²) in [5.41, 5.74) is 7.51. The number of benzene rings is 2. The van der Waals surface area contributed by atoms with E-state index in [2.05, 4.69) is 43.6 Å². The quantitative estimate of drug-likeness (QED) is 0.623. The molecule has 0 radical (unpaired) electrons. The number of thiazole rings is 1. The highest BCUT2D eigenvalue weighted by atomic mass is 32.1. The van der Waals surface area contributed by atoms with Crippen molar-refractivity contribution in [1.82, 2.24) is 4.98 Å². The number of aromatic nitrogens is 1. The summed E-state index contributed by atoms with van der Waals surface area (Å²) in [6.07, 6.45) is 0. The van der Waals surface area contributed by atoms with Crippen molar-refractivity contribution in [2.24, 2.45) is 0 Å². The summed E-state index contributed by atoms with van der Waals surface area (Å²) in [6, 6.07) is 11.9. The van der Waals surface area contributed by atoms with Crippen molar-refractivity contribution in [1.29, 1.82) is 0 Å². The van der Waals surface area contributed by atoms with Gasteiger partial charge in [-0.2, -0.15) is 0 Å². The molecule has 0 amide bonds. The summed E-state index contributed by atoms with van der Waals surface area (Å²) >= 11 is 1.57. The van der Waals surface area contributed by atoms with Gasteiger partial charge in [-0.1, -0.05) is 18.2 Å². The molecule has 0 atom stereocenters. The second-order valence-corrected chi connectivity index (χ2v) is 6.91. The Morgan fingerprint density at radius 2 is 1.79 bits per heavy atom. The molecule has 1 heterocycles. The molecule has 0 aliphatic carbocycles. The van der Waals surface area contributed by atoms with Crippen molar-refractivity contribution < 1.29 is 4.79 Å². The fraction of sp³-hybridized carbons (Fsp3) is 0.200. The lowest BCUT2D eigenvalue weighted by atomic mass is 9.99. The van der Waals surface area contributed by atoms with Crippen molar-refractivity contribution >= 4 is 27.9 Å². The minimum Gasteiger partial charge on any atom is -0.332 e. The number of anilines is 2. The molecule has 0 aliphatic heterocycles. The number of nitrogens with zero attached hydrogens (tertiary/aromatic N) is 1. The lowest BCUT2D eigenvalue weighted by Crippen LogP contribution is -1.95. The Hall–Kier alpha value is -2.46. The molecule has 3 rings (SSSR count). The van der Waals surface area contributed by atoms with Gasteiger partial charge >= 0.3 is 0 Å². The van der Waals surface area contributed by atoms with Crippen LogP contribution in [0.4, 0.5) is 10.8 Å². The van der Waals surface area contributed by atoms with Crippen molar-refractivity contribution in [3.8, 4) is 11.3 Å². The van der Waals surface area contributed by atoms with Gasteiger partial charge < -0.3 is 5.32 Å². The second-order valence-electron chi connectivity index (χ2n) is 6.05. The third kappa shape index (κ3) is 3.39. The molecular weight excluding hydrogens is 316 g/mol. The Labute approximate surface area is 146 Å². The fourth-order valence-electron chi connectivity index (χ4n) is 2.63. The number of Topliss-reactive ketones (excluding diaryl/α,β-unsaturated/α-hetero) is 1. The minimum absolute atomic E-state index is 0.0595. The van der Waals surface area contributed by atoms with Crippen molar-refractivity contribution in [3.63, 3.8) is 0 Å². The Morgan fingerprint density at radius 3 is 2.54 bits per heavy atom. The van der Waals surface area contributed by atoms with Gasteiger partial charge in [0, 0.05) is 22.2 Å². The van der Waals surface area contributed by atoms with E-state index in [1.807, 2.05) is 24.3 Å². The maximum absolute atomic E-state index is 11.5. The first-order valence-electron chi connectivity index (χ1n) is 7.86. The van der Waals surface area contributed by atoms with Crippen LogP contribution >= 0.6 is 11.3 Å². The van der Waals surface area contributed by atoms with Crippen LogP contribution < -0.4 is 5.32 Å². The highest BCUT2D eigenvalue weighted by molar-refractivity contribution is 7.14. The Balaban J connectivity index is 1.88. The number of ketones is 1. The maximum Gasteiger partial charge on any atom is 0.187 e. The third-order valence-electron chi connectivity index (χ3n) is 4.14. The zero-order valence-corrected chi connectivity index (χ0v) is 15.1. The van der Waals surface area contributed by atoms with Gasteiger partial charge in [0.05, 0.1) is 5.69 Å². The van der Waals surface area contributed by atoms with E-state index in [4.69, 9.17) is 4.98 Å². The molecule has 3 aromatic rings. The summed E-state index contributed by atoms with van der Waals surface area (Å²) in [5, 5.41) is 6.18. The molecule has 24 heavy (non-hydrogen) atoms. The van der Waals surface area contributed by atoms with Crippen LogP contribution in [-0.4, -0.2) is 10.8 Å². The first-order chi connectivity index (χ1) is 11.4. The smallest absolute Gasteiger partial charge is 0.187 e. The van der Waals surface area contributed by atoms with E-state index in [-0.39, 0.29) is 5.78 Å². The van der Waals surface area contributed by atoms with E-state index in [9.17, 15) is 4.79 Å². The van der Waals surface area contributed by atoms with Crippen LogP contribution in [0.5, 0.6) is 0 Å². The number of hydrogen-bond donors (Lipinski definition) is 1. The first kappa shape index (κ1) is 16.4. The van der Waals surface area contributed by atoms with Gasteiger partial charge in [0.25, 0.3) is 0 Å². The average Bonchev–Trinajstić information content (AvgIpc) is 2.99. The van der Waals surface area contributed by atoms with Crippen molar-refractivity contribution in [3.05, 3.63) is 64.0 Å². The third-order valence-corrected chi connectivity index (χ3v) is 4.90. The Kier molecular flexibility index (Phi) is 4.49. The number of rotatable bonds is 4. The summed E-state index contributed by atoms with van der Waals surface area (Å²) in [6.45, 7) is 7.94. The van der Waals surface area contributed by atoms with Gasteiger partial charge in [0.2, 0.25) is 0 Å². The topological polar surface area (TPSA) is 42.0 Å². The molecule has 122 valence electrons. The molecular formula is C20H20N2OS. The molecule has 1 N–H and O–H groups in total. The molecule has 1 aromatic heterocycles. The lowest BCUT2D eigenvalue weighted by Gasteiger charge is -2.07. The predicted molar refractivity (Wildman–Crippen MR) is 101 cm³/mol. The summed E-state index contributed by atoms with van der Waals surface area (Å²) in [5.74, 6) is 0.0595. The fourth-order valence-corrected chi connectivity index (χ4v) is 3.36. The van der Waals surface area contributed by atoms with E-state index in [1.165, 1.54) is 22.3 Å². The number of carbonyl (C=O) groups is 1. The monoisotopic (exact) mass is 336 g/mol. The van der Waals surface area contributed by atoms with Crippen LogP contribution in [0.25, 0.3) is 11.3 Å². The molecule has 0 saturated carbocycles. The zero-order chi connectivity index (χ0) is 17.3. The van der Waals surface area contributed by atoms with E-state index < -0.39 is 0 Å². The standard InChI is InChI=1S/C20H20N2OS/c1-12-8-14(3)18(9-13(12)2)19-11-24-20(22-19)21-17-7-5-6-16(10-17)15(4)23/h5-11H,1-4H3,(H,21,22). The SMILES string of the molecule is CC(=O)c1cccc(Nc2nc(-c3cc(C)c(C)cc3C)cs2)c1. The zero-order valence-electron chi connectivity index (χ0n) is 14.3. The van der Waals surface area contributed by atoms with Crippen LogP contribution in [0.3, 0.4) is 0 Å². The van der Waals surface area contributed by atoms with Gasteiger partial charge in [-0.3, -0.25) is 4.79 Å². The van der Waals surface area contributed by atoms with E-state index >= 15 is 0 Å². The lowest BCUT2D eigenvalue weighted by molar-refractivity contribution is 0.101. The van der Waals surface area contributed by atoms with Crippen LogP contribution in [0.2, 0.25) is 0 Å². The van der Waals surface area contributed by atoms with Gasteiger partial charge in [0.15, 0.2) is 10.9 Å². The number of nitrogens with one attached hydrogen (secondary N) is 1. The van der Waals surface area contributed by atoms with Gasteiger partial charge in [-0.25, -0.2) is 4.98 Å². The minimum atomic E-state index is 0.0595. The van der Waals surface area contributed by atoms with Crippen molar-refractivity contribution in [2.45, 2.75) is 27.7 Å². The molecule has 0 bridgehead atoms. The largest absolute Gasteiger partial charge is 0.332 e. The summed E-state index contributed by atoms with van der Waals surface area (Å²) in [4.78, 5) is 16.2. The molecule has 0 fully saturated rings. The van der Waals surface area contributed by atoms with E-state index in [0.29, 0.717) is 5.56 Å². The van der Waals surface area contributed by atoms with E-state index in [0.717, 1.165) is 16.5 Å². The molecule has 3 nitrogen and oxygen atoms in total. The van der Waals surface area contributed by atoms with Gasteiger partial charge in [-0.05, 0) is 62.6 Å². The highest BCUT2D eigenvalue weighted by Gasteiger charge is 2.09. The number of hydrogen-bond acceptors (Lipinski definition) is 4. The first-order valence-corrected chi connectivity index (χ1v) is 8.74. The van der Waals surface area contributed by atoms with Crippen LogP contribution in [-0.2, 0) is 0 Å². The molecule has 0 aliphatic rings. The average molecular weight is 336 g/mol. The van der Waals surface area contributed by atoms with Crippen LogP contribution in [0.1, 0.15) is 34.0 Å². The van der Waals surface area contributed by atoms with Gasteiger partial charge in [-0.15, -0.1) is 11.3 Å². The summed E-state index contributed by atoms with van der Waals surface area (Å²) in [7, 11) is 0. The normalized spacial score (nSPS) is 10.7. The van der Waals surface area contributed by atoms with Crippen molar-refractivity contribution in [2.75, 3.05) is 5.32 Å². The molecule has 0 saturated heterocycles. The Morgan fingerprint density at radius 1 is 1.04 bits per heavy atom. The molecule has 0 unspecified atom stereocenters. The number of carbonyl (C=O) groups excluding carboxylic acids is 1. The second kappa shape index (κ2) is 6.57. The Bertz CT molecular complexity index is 912. The van der Waals surface area contributed by atoms with Crippen LogP contribution in [0, 0.1) is 20.8 Å². The molecule has 2 aromatic carbocycles. The maximum atomic E-state index is 11.5. The predicted octanol–water partition coefficient (Wildman–Crippen LogP) is 5.68. The molecule has 4 heteroatoms.